The van der Waals surface area contributed by atoms with Crippen molar-refractivity contribution in [1.29, 1.82) is 5.26 Å². The molecule has 0 aliphatic carbocycles. The van der Waals surface area contributed by atoms with Gasteiger partial charge in [0.2, 0.25) is 11.8 Å². The lowest BCUT2D eigenvalue weighted by Crippen LogP contribution is -2.32. The van der Waals surface area contributed by atoms with Crippen LogP contribution in [0.5, 0.6) is 5.75 Å². The first-order chi connectivity index (χ1) is 14.5. The van der Waals surface area contributed by atoms with Gasteiger partial charge in [-0.15, -0.1) is 0 Å². The molecule has 3 rings (SSSR count). The van der Waals surface area contributed by atoms with Crippen LogP contribution in [0, 0.1) is 18.3 Å². The van der Waals surface area contributed by atoms with E-state index in [2.05, 4.69) is 16.7 Å². The SMILES string of the molecule is COc1ccc(CNC(=O)CSC2=C(C#N)[C@H](c3ccc(C)cc3)CC(=O)N2)cc1. The molecule has 1 atom stereocenters. The molecule has 1 heterocycles. The molecule has 0 unspecified atom stereocenters. The minimum absolute atomic E-state index is 0.109. The summed E-state index contributed by atoms with van der Waals surface area (Å²) < 4.78 is 5.12. The van der Waals surface area contributed by atoms with Gasteiger partial charge in [-0.2, -0.15) is 5.26 Å². The highest BCUT2D eigenvalue weighted by atomic mass is 32.2. The third-order valence-electron chi connectivity index (χ3n) is 4.83. The van der Waals surface area contributed by atoms with Crippen molar-refractivity contribution in [2.45, 2.75) is 25.8 Å². The Hall–Kier alpha value is -3.24. The normalized spacial score (nSPS) is 15.9. The van der Waals surface area contributed by atoms with Gasteiger partial charge in [-0.1, -0.05) is 53.7 Å². The van der Waals surface area contributed by atoms with Crippen LogP contribution in [0.3, 0.4) is 0 Å². The largest absolute Gasteiger partial charge is 0.497 e. The van der Waals surface area contributed by atoms with E-state index < -0.39 is 0 Å². The van der Waals surface area contributed by atoms with E-state index in [0.29, 0.717) is 17.1 Å². The van der Waals surface area contributed by atoms with Gasteiger partial charge in [0, 0.05) is 18.9 Å². The highest BCUT2D eigenvalue weighted by molar-refractivity contribution is 8.03. The van der Waals surface area contributed by atoms with Gasteiger partial charge >= 0.3 is 0 Å². The van der Waals surface area contributed by atoms with Crippen LogP contribution in [0.25, 0.3) is 0 Å². The lowest BCUT2D eigenvalue weighted by molar-refractivity contribution is -0.121. The maximum atomic E-state index is 12.3. The number of ether oxygens (including phenoxy) is 1. The van der Waals surface area contributed by atoms with Crippen molar-refractivity contribution in [3.8, 4) is 11.8 Å². The number of thioether (sulfide) groups is 1. The first kappa shape index (κ1) is 21.5. The maximum absolute atomic E-state index is 12.3. The number of carbonyl (C=O) groups excluding carboxylic acids is 2. The minimum atomic E-state index is -0.297. The maximum Gasteiger partial charge on any atom is 0.230 e. The Morgan fingerprint density at radius 2 is 1.93 bits per heavy atom. The fourth-order valence-corrected chi connectivity index (χ4v) is 4.06. The van der Waals surface area contributed by atoms with E-state index in [0.717, 1.165) is 22.4 Å². The molecule has 2 N–H and O–H groups in total. The Morgan fingerprint density at radius 3 is 2.57 bits per heavy atom. The highest BCUT2D eigenvalue weighted by Gasteiger charge is 2.29. The standard InChI is InChI=1S/C23H23N3O3S/c1-15-3-7-17(8-4-15)19-11-21(27)26-23(20(19)12-24)30-14-22(28)25-13-16-5-9-18(29-2)10-6-16/h3-10,19H,11,13-14H2,1-2H3,(H,25,28)(H,26,27)/t19-/m0/s1. The second kappa shape index (κ2) is 9.99. The highest BCUT2D eigenvalue weighted by Crippen LogP contribution is 2.35. The third kappa shape index (κ3) is 5.43. The number of aryl methyl sites for hydroxylation is 1. The Bertz CT molecular complexity index is 992. The molecule has 30 heavy (non-hydrogen) atoms. The van der Waals surface area contributed by atoms with Gasteiger partial charge in [0.1, 0.15) is 5.75 Å². The molecule has 7 heteroatoms. The molecule has 0 saturated carbocycles. The molecule has 0 radical (unpaired) electrons. The molecular weight excluding hydrogens is 398 g/mol. The summed E-state index contributed by atoms with van der Waals surface area (Å²) in [7, 11) is 1.60. The van der Waals surface area contributed by atoms with E-state index >= 15 is 0 Å². The number of nitrogens with zero attached hydrogens (tertiary/aromatic N) is 1. The second-order valence-corrected chi connectivity index (χ2v) is 7.97. The van der Waals surface area contributed by atoms with Gasteiger partial charge in [0.15, 0.2) is 0 Å². The number of benzene rings is 2. The van der Waals surface area contributed by atoms with E-state index in [1.165, 1.54) is 11.8 Å². The van der Waals surface area contributed by atoms with Gasteiger partial charge in [-0.3, -0.25) is 9.59 Å². The Labute approximate surface area is 180 Å². The number of hydrogen-bond donors (Lipinski definition) is 2. The summed E-state index contributed by atoms with van der Waals surface area (Å²) >= 11 is 1.18. The number of carbonyl (C=O) groups is 2. The van der Waals surface area contributed by atoms with Gasteiger partial charge in [0.05, 0.1) is 29.5 Å². The molecule has 0 bridgehead atoms. The first-order valence-corrected chi connectivity index (χ1v) is 10.5. The average Bonchev–Trinajstić information content (AvgIpc) is 2.76. The van der Waals surface area contributed by atoms with E-state index in [1.807, 2.05) is 55.5 Å². The second-order valence-electron chi connectivity index (χ2n) is 6.98. The predicted octanol–water partition coefficient (Wildman–Crippen LogP) is 3.39. The van der Waals surface area contributed by atoms with Gasteiger partial charge < -0.3 is 15.4 Å². The molecule has 2 aromatic carbocycles. The van der Waals surface area contributed by atoms with Gasteiger partial charge in [0.25, 0.3) is 0 Å². The van der Waals surface area contributed by atoms with Crippen molar-refractivity contribution >= 4 is 23.6 Å². The Morgan fingerprint density at radius 1 is 1.23 bits per heavy atom. The zero-order chi connectivity index (χ0) is 21.5. The Kier molecular flexibility index (Phi) is 7.15. The zero-order valence-corrected chi connectivity index (χ0v) is 17.7. The van der Waals surface area contributed by atoms with Crippen LogP contribution in [0.2, 0.25) is 0 Å². The topological polar surface area (TPSA) is 91.2 Å². The predicted molar refractivity (Wildman–Crippen MR) is 117 cm³/mol. The lowest BCUT2D eigenvalue weighted by Gasteiger charge is -2.25. The molecule has 2 aromatic rings. The van der Waals surface area contributed by atoms with Crippen molar-refractivity contribution in [2.24, 2.45) is 0 Å². The first-order valence-electron chi connectivity index (χ1n) is 9.53. The number of nitrogens with one attached hydrogen (secondary N) is 2. The van der Waals surface area contributed by atoms with Crippen LogP contribution < -0.4 is 15.4 Å². The quantitative estimate of drug-likeness (QED) is 0.715. The molecule has 6 nitrogen and oxygen atoms in total. The van der Waals surface area contributed by atoms with Crippen LogP contribution in [0.1, 0.15) is 29.0 Å². The van der Waals surface area contributed by atoms with Crippen LogP contribution in [-0.2, 0) is 16.1 Å². The summed E-state index contributed by atoms with van der Waals surface area (Å²) in [5.41, 5.74) is 3.49. The van der Waals surface area contributed by atoms with Crippen molar-refractivity contribution in [3.05, 3.63) is 75.8 Å². The summed E-state index contributed by atoms with van der Waals surface area (Å²) in [5, 5.41) is 15.8. The van der Waals surface area contributed by atoms with Crippen LogP contribution in [0.15, 0.2) is 59.1 Å². The summed E-state index contributed by atoms with van der Waals surface area (Å²) in [4.78, 5) is 24.5. The van der Waals surface area contributed by atoms with E-state index in [9.17, 15) is 14.9 Å². The third-order valence-corrected chi connectivity index (χ3v) is 5.85. The van der Waals surface area contributed by atoms with Gasteiger partial charge in [-0.05, 0) is 30.2 Å². The number of methoxy groups -OCH3 is 1. The summed E-state index contributed by atoms with van der Waals surface area (Å²) in [6, 6.07) is 17.5. The van der Waals surface area contributed by atoms with Gasteiger partial charge in [-0.25, -0.2) is 0 Å². The fourth-order valence-electron chi connectivity index (χ4n) is 3.15. The van der Waals surface area contributed by atoms with Crippen LogP contribution in [-0.4, -0.2) is 24.7 Å². The van der Waals surface area contributed by atoms with E-state index in [4.69, 9.17) is 4.74 Å². The molecule has 0 spiro atoms. The van der Waals surface area contributed by atoms with E-state index in [1.54, 1.807) is 7.11 Å². The lowest BCUT2D eigenvalue weighted by atomic mass is 9.87. The summed E-state index contributed by atoms with van der Waals surface area (Å²) in [6.45, 7) is 2.39. The minimum Gasteiger partial charge on any atom is -0.497 e. The molecule has 1 aliphatic heterocycles. The zero-order valence-electron chi connectivity index (χ0n) is 16.9. The molecule has 0 aromatic heterocycles. The number of allylic oxidation sites excluding steroid dienone is 1. The monoisotopic (exact) mass is 421 g/mol. The molecule has 2 amide bonds. The molecule has 1 aliphatic rings. The van der Waals surface area contributed by atoms with Crippen molar-refractivity contribution < 1.29 is 14.3 Å². The van der Waals surface area contributed by atoms with Crippen LogP contribution >= 0.6 is 11.8 Å². The number of nitriles is 1. The summed E-state index contributed by atoms with van der Waals surface area (Å²) in [5.74, 6) is 0.243. The molecule has 0 fully saturated rings. The van der Waals surface area contributed by atoms with E-state index in [-0.39, 0.29) is 29.9 Å². The smallest absolute Gasteiger partial charge is 0.230 e. The summed E-state index contributed by atoms with van der Waals surface area (Å²) in [6.07, 6.45) is 0.222. The molecule has 0 saturated heterocycles. The average molecular weight is 422 g/mol. The number of rotatable bonds is 7. The van der Waals surface area contributed by atoms with Crippen LogP contribution in [0.4, 0.5) is 0 Å². The number of hydrogen-bond acceptors (Lipinski definition) is 5. The van der Waals surface area contributed by atoms with Crippen molar-refractivity contribution in [2.75, 3.05) is 12.9 Å². The van der Waals surface area contributed by atoms with Crippen molar-refractivity contribution in [3.63, 3.8) is 0 Å². The van der Waals surface area contributed by atoms with Crippen molar-refractivity contribution in [1.82, 2.24) is 10.6 Å². The number of amides is 2. The fraction of sp³-hybridized carbons (Fsp3) is 0.261. The molecular formula is C23H23N3O3S. The molecule has 154 valence electrons. The Balaban J connectivity index is 1.64.